The van der Waals surface area contributed by atoms with E-state index in [1.165, 1.54) is 0 Å². The van der Waals surface area contributed by atoms with Crippen LogP contribution < -0.4 is 0 Å². The van der Waals surface area contributed by atoms with E-state index < -0.39 is 6.10 Å². The van der Waals surface area contributed by atoms with Crippen molar-refractivity contribution in [2.24, 2.45) is 0 Å². The first-order valence-corrected chi connectivity index (χ1v) is 6.55. The summed E-state index contributed by atoms with van der Waals surface area (Å²) < 4.78 is 4.85. The first kappa shape index (κ1) is 16.1. The van der Waals surface area contributed by atoms with E-state index in [2.05, 4.69) is 0 Å². The van der Waals surface area contributed by atoms with Crippen molar-refractivity contribution in [3.05, 3.63) is 34.9 Å². The highest BCUT2D eigenvalue weighted by Crippen LogP contribution is 2.16. The van der Waals surface area contributed by atoms with Crippen molar-refractivity contribution in [2.45, 2.75) is 12.5 Å². The molecule has 1 N–H and O–H groups in total. The molecule has 1 rings (SSSR count). The molecule has 19 heavy (non-hydrogen) atoms. The molecule has 0 radical (unpaired) electrons. The molecule has 1 atom stereocenters. The number of rotatable bonds is 8. The van der Waals surface area contributed by atoms with Crippen molar-refractivity contribution in [1.29, 1.82) is 0 Å². The lowest BCUT2D eigenvalue weighted by atomic mass is 10.1. The smallest absolute Gasteiger partial charge is 0.165 e. The predicted molar refractivity (Wildman–Crippen MR) is 75.8 cm³/mol. The lowest BCUT2D eigenvalue weighted by molar-refractivity contribution is 0.0428. The summed E-state index contributed by atoms with van der Waals surface area (Å²) in [5.74, 6) is 0.0127. The Balaban J connectivity index is 2.40. The molecule has 1 aromatic rings. The van der Waals surface area contributed by atoms with Crippen LogP contribution in [0.5, 0.6) is 0 Å². The zero-order valence-electron chi connectivity index (χ0n) is 11.3. The molecule has 0 aliphatic carbocycles. The summed E-state index contributed by atoms with van der Waals surface area (Å²) in [7, 11) is 3.41. The van der Waals surface area contributed by atoms with Crippen molar-refractivity contribution < 1.29 is 14.6 Å². The summed E-state index contributed by atoms with van der Waals surface area (Å²) in [6.07, 6.45) is -0.162. The number of hydrogen-bond donors (Lipinski definition) is 1. The molecular weight excluding hydrogens is 266 g/mol. The second-order valence-corrected chi connectivity index (χ2v) is 4.93. The van der Waals surface area contributed by atoms with E-state index in [9.17, 15) is 9.90 Å². The number of carbonyl (C=O) groups is 1. The summed E-state index contributed by atoms with van der Waals surface area (Å²) in [4.78, 5) is 13.9. The van der Waals surface area contributed by atoms with E-state index in [1.807, 2.05) is 11.9 Å². The first-order valence-electron chi connectivity index (χ1n) is 6.18. The van der Waals surface area contributed by atoms with Gasteiger partial charge >= 0.3 is 0 Å². The van der Waals surface area contributed by atoms with Gasteiger partial charge in [-0.25, -0.2) is 0 Å². The fourth-order valence-electron chi connectivity index (χ4n) is 1.81. The number of halogens is 1. The maximum atomic E-state index is 12.0. The number of hydrogen-bond acceptors (Lipinski definition) is 4. The third kappa shape index (κ3) is 5.70. The second-order valence-electron chi connectivity index (χ2n) is 4.52. The van der Waals surface area contributed by atoms with Crippen LogP contribution in [-0.4, -0.2) is 55.7 Å². The van der Waals surface area contributed by atoms with Gasteiger partial charge in [0.05, 0.1) is 17.7 Å². The Hall–Kier alpha value is -0.940. The summed E-state index contributed by atoms with van der Waals surface area (Å²) in [5, 5.41) is 10.1. The minimum Gasteiger partial charge on any atom is -0.389 e. The largest absolute Gasteiger partial charge is 0.389 e. The van der Waals surface area contributed by atoms with Crippen LogP contribution in [-0.2, 0) is 4.74 Å². The summed E-state index contributed by atoms with van der Waals surface area (Å²) in [6, 6.07) is 7.03. The Morgan fingerprint density at radius 3 is 2.79 bits per heavy atom. The fraction of sp³-hybridized carbons (Fsp3) is 0.500. The van der Waals surface area contributed by atoms with E-state index >= 15 is 0 Å². The predicted octanol–water partition coefficient (Wildman–Crippen LogP) is 1.85. The average molecular weight is 286 g/mol. The summed E-state index contributed by atoms with van der Waals surface area (Å²) in [5.41, 5.74) is 0.551. The maximum absolute atomic E-state index is 12.0. The van der Waals surface area contributed by atoms with Crippen molar-refractivity contribution in [3.8, 4) is 0 Å². The zero-order valence-corrected chi connectivity index (χ0v) is 12.1. The molecule has 0 saturated carbocycles. The van der Waals surface area contributed by atoms with Gasteiger partial charge in [0.2, 0.25) is 0 Å². The van der Waals surface area contributed by atoms with Crippen LogP contribution >= 0.6 is 11.6 Å². The lowest BCUT2D eigenvalue weighted by Crippen LogP contribution is -2.33. The highest BCUT2D eigenvalue weighted by atomic mass is 35.5. The number of carbonyl (C=O) groups excluding carboxylic acids is 1. The molecule has 1 aromatic carbocycles. The van der Waals surface area contributed by atoms with Gasteiger partial charge in [-0.3, -0.25) is 4.79 Å². The molecule has 0 fully saturated rings. The van der Waals surface area contributed by atoms with E-state index in [4.69, 9.17) is 16.3 Å². The van der Waals surface area contributed by atoms with E-state index in [1.54, 1.807) is 31.4 Å². The van der Waals surface area contributed by atoms with Crippen LogP contribution in [0.1, 0.15) is 16.8 Å². The SMILES string of the molecule is COCC(O)CN(C)CCC(=O)c1ccccc1Cl. The van der Waals surface area contributed by atoms with Crippen molar-refractivity contribution in [2.75, 3.05) is 33.9 Å². The normalized spacial score (nSPS) is 12.7. The Morgan fingerprint density at radius 1 is 1.47 bits per heavy atom. The van der Waals surface area contributed by atoms with Gasteiger partial charge in [0.25, 0.3) is 0 Å². The molecule has 106 valence electrons. The molecule has 0 amide bonds. The molecule has 0 aliphatic heterocycles. The number of likely N-dealkylation sites (N-methyl/N-ethyl adjacent to an activating group) is 1. The van der Waals surface area contributed by atoms with Gasteiger partial charge < -0.3 is 14.7 Å². The molecule has 0 heterocycles. The van der Waals surface area contributed by atoms with Crippen molar-refractivity contribution in [3.63, 3.8) is 0 Å². The topological polar surface area (TPSA) is 49.8 Å². The first-order chi connectivity index (χ1) is 9.04. The zero-order chi connectivity index (χ0) is 14.3. The highest BCUT2D eigenvalue weighted by Gasteiger charge is 2.12. The fourth-order valence-corrected chi connectivity index (χ4v) is 2.05. The molecule has 4 nitrogen and oxygen atoms in total. The number of benzene rings is 1. The summed E-state index contributed by atoms with van der Waals surface area (Å²) in [6.45, 7) is 1.34. The number of aliphatic hydroxyl groups excluding tert-OH is 1. The van der Waals surface area contributed by atoms with Crippen LogP contribution in [0.15, 0.2) is 24.3 Å². The molecule has 0 bridgehead atoms. The van der Waals surface area contributed by atoms with Gasteiger partial charge in [0, 0.05) is 32.2 Å². The van der Waals surface area contributed by atoms with Gasteiger partial charge in [0.15, 0.2) is 5.78 Å². The third-order valence-corrected chi connectivity index (χ3v) is 3.11. The summed E-state index contributed by atoms with van der Waals surface area (Å²) >= 11 is 5.97. The molecule has 0 aromatic heterocycles. The van der Waals surface area contributed by atoms with Crippen LogP contribution in [0.4, 0.5) is 0 Å². The van der Waals surface area contributed by atoms with Gasteiger partial charge in [-0.05, 0) is 19.2 Å². The third-order valence-electron chi connectivity index (χ3n) is 2.78. The molecule has 5 heteroatoms. The number of nitrogens with zero attached hydrogens (tertiary/aromatic N) is 1. The number of aliphatic hydroxyl groups is 1. The number of ether oxygens (including phenoxy) is 1. The van der Waals surface area contributed by atoms with Gasteiger partial charge in [-0.15, -0.1) is 0 Å². The minimum atomic E-state index is -0.537. The monoisotopic (exact) mass is 285 g/mol. The molecule has 0 aliphatic rings. The molecule has 1 unspecified atom stereocenters. The maximum Gasteiger partial charge on any atom is 0.165 e. The molecule has 0 spiro atoms. The van der Waals surface area contributed by atoms with Gasteiger partial charge in [-0.1, -0.05) is 23.7 Å². The van der Waals surface area contributed by atoms with Crippen LogP contribution in [0.2, 0.25) is 5.02 Å². The van der Waals surface area contributed by atoms with Gasteiger partial charge in [0.1, 0.15) is 0 Å². The van der Waals surface area contributed by atoms with Crippen LogP contribution in [0.3, 0.4) is 0 Å². The Bertz CT molecular complexity index is 411. The number of ketones is 1. The Kier molecular flexibility index (Phi) is 7.02. The Labute approximate surface area is 118 Å². The van der Waals surface area contributed by atoms with Crippen LogP contribution in [0.25, 0.3) is 0 Å². The van der Waals surface area contributed by atoms with Crippen molar-refractivity contribution >= 4 is 17.4 Å². The minimum absolute atomic E-state index is 0.0127. The quantitative estimate of drug-likeness (QED) is 0.741. The number of Topliss-reactive ketones (excluding diaryl/α,β-unsaturated/α-hetero) is 1. The average Bonchev–Trinajstić information content (AvgIpc) is 2.36. The van der Waals surface area contributed by atoms with Crippen LogP contribution in [0, 0.1) is 0 Å². The molecule has 0 saturated heterocycles. The number of methoxy groups -OCH3 is 1. The highest BCUT2D eigenvalue weighted by molar-refractivity contribution is 6.33. The standard InChI is InChI=1S/C14H20ClNO3/c1-16(9-11(17)10-19-2)8-7-14(18)12-5-3-4-6-13(12)15/h3-6,11,17H,7-10H2,1-2H3. The Morgan fingerprint density at radius 2 is 2.16 bits per heavy atom. The lowest BCUT2D eigenvalue weighted by Gasteiger charge is -2.19. The van der Waals surface area contributed by atoms with E-state index in [-0.39, 0.29) is 5.78 Å². The van der Waals surface area contributed by atoms with E-state index in [0.29, 0.717) is 36.7 Å². The second kappa shape index (κ2) is 8.27. The molecular formula is C14H20ClNO3. The van der Waals surface area contributed by atoms with Crippen molar-refractivity contribution in [1.82, 2.24) is 4.90 Å². The van der Waals surface area contributed by atoms with Gasteiger partial charge in [-0.2, -0.15) is 0 Å². The van der Waals surface area contributed by atoms with E-state index in [0.717, 1.165) is 0 Å².